The minimum atomic E-state index is 0.521. The van der Waals surface area contributed by atoms with Crippen LogP contribution in [0.2, 0.25) is 0 Å². The molecule has 0 radical (unpaired) electrons. The Morgan fingerprint density at radius 2 is 1.50 bits per heavy atom. The summed E-state index contributed by atoms with van der Waals surface area (Å²) in [6, 6.07) is 20.3. The Balaban J connectivity index is 2.09. The number of halogens is 1. The number of allylic oxidation sites excluding steroid dienone is 1. The normalized spacial score (nSPS) is 13.5. The molecule has 0 saturated carbocycles. The molecule has 4 rings (SSSR count). The number of carbonyl (C=O) groups excluding carboxylic acids is 1. The Kier molecular flexibility index (Phi) is 3.29. The molecule has 0 aliphatic carbocycles. The van der Waals surface area contributed by atoms with Crippen molar-refractivity contribution >= 4 is 51.0 Å². The number of carbonyl (C=O) groups is 1. The lowest BCUT2D eigenvalue weighted by Crippen LogP contribution is -1.89. The molecule has 0 fully saturated rings. The van der Waals surface area contributed by atoms with E-state index in [9.17, 15) is 4.79 Å². The second-order valence-electron chi connectivity index (χ2n) is 5.14. The monoisotopic (exact) mass is 322 g/mol. The maximum atomic E-state index is 11.6. The first kappa shape index (κ1) is 13.6. The molecule has 1 aliphatic heterocycles. The highest BCUT2D eigenvalue weighted by Crippen LogP contribution is 2.45. The Bertz CT molecular complexity index is 943. The van der Waals surface area contributed by atoms with Crippen molar-refractivity contribution in [3.63, 3.8) is 0 Å². The first-order valence-electron chi connectivity index (χ1n) is 6.93. The van der Waals surface area contributed by atoms with E-state index in [-0.39, 0.29) is 0 Å². The van der Waals surface area contributed by atoms with Gasteiger partial charge in [0.2, 0.25) is 0 Å². The van der Waals surface area contributed by atoms with Crippen LogP contribution in [-0.2, 0) is 4.79 Å². The topological polar surface area (TPSA) is 17.1 Å². The molecule has 3 heteroatoms. The summed E-state index contributed by atoms with van der Waals surface area (Å²) in [5, 5.41) is 2.81. The van der Waals surface area contributed by atoms with E-state index in [2.05, 4.69) is 24.3 Å². The van der Waals surface area contributed by atoms with Crippen molar-refractivity contribution in [2.24, 2.45) is 0 Å². The molecule has 3 aromatic carbocycles. The zero-order chi connectivity index (χ0) is 15.1. The van der Waals surface area contributed by atoms with Crippen LogP contribution in [0.15, 0.2) is 70.5 Å². The Labute approximate surface area is 137 Å². The summed E-state index contributed by atoms with van der Waals surface area (Å²) in [5.41, 5.74) is 2.37. The quantitative estimate of drug-likeness (QED) is 0.542. The molecule has 0 N–H and O–H groups in total. The molecule has 0 saturated heterocycles. The second kappa shape index (κ2) is 5.31. The SMILES string of the molecule is O=CC1=C(Cl)c2cc3ccccc3cc2Sc2ccccc21. The highest BCUT2D eigenvalue weighted by Gasteiger charge is 2.21. The average Bonchev–Trinajstić information content (AvgIpc) is 2.67. The molecule has 106 valence electrons. The summed E-state index contributed by atoms with van der Waals surface area (Å²) < 4.78 is 0. The van der Waals surface area contributed by atoms with Crippen molar-refractivity contribution < 1.29 is 4.79 Å². The fourth-order valence-corrected chi connectivity index (χ4v) is 4.24. The lowest BCUT2D eigenvalue weighted by atomic mass is 10.0. The fourth-order valence-electron chi connectivity index (χ4n) is 2.75. The van der Waals surface area contributed by atoms with Crippen LogP contribution in [0.25, 0.3) is 21.4 Å². The van der Waals surface area contributed by atoms with Gasteiger partial charge in [-0.2, -0.15) is 0 Å². The standard InChI is InChI=1S/C19H11ClOS/c20-19-15-9-12-5-1-2-6-13(12)10-18(15)22-17-8-4-3-7-14(17)16(19)11-21/h1-11H. The molecule has 1 nitrogen and oxygen atoms in total. The van der Waals surface area contributed by atoms with Crippen molar-refractivity contribution in [3.05, 3.63) is 71.8 Å². The predicted molar refractivity (Wildman–Crippen MR) is 93.2 cm³/mol. The number of rotatable bonds is 1. The molecule has 0 atom stereocenters. The second-order valence-corrected chi connectivity index (χ2v) is 6.60. The zero-order valence-corrected chi connectivity index (χ0v) is 13.1. The number of benzene rings is 3. The molecular weight excluding hydrogens is 312 g/mol. The van der Waals surface area contributed by atoms with E-state index in [1.165, 1.54) is 5.39 Å². The molecular formula is C19H11ClOS. The number of aldehydes is 1. The van der Waals surface area contributed by atoms with E-state index in [0.29, 0.717) is 10.6 Å². The van der Waals surface area contributed by atoms with Gasteiger partial charge in [-0.15, -0.1) is 0 Å². The van der Waals surface area contributed by atoms with Gasteiger partial charge >= 0.3 is 0 Å². The minimum Gasteiger partial charge on any atom is -0.298 e. The van der Waals surface area contributed by atoms with Crippen LogP contribution in [0, 0.1) is 0 Å². The molecule has 1 heterocycles. The lowest BCUT2D eigenvalue weighted by molar-refractivity contribution is -0.103. The van der Waals surface area contributed by atoms with Gasteiger partial charge < -0.3 is 0 Å². The van der Waals surface area contributed by atoms with E-state index < -0.39 is 0 Å². The van der Waals surface area contributed by atoms with E-state index in [1.807, 2.05) is 36.4 Å². The smallest absolute Gasteiger partial charge is 0.152 e. The third-order valence-corrected chi connectivity index (χ3v) is 5.38. The van der Waals surface area contributed by atoms with Crippen LogP contribution in [0.3, 0.4) is 0 Å². The molecule has 0 spiro atoms. The van der Waals surface area contributed by atoms with Crippen LogP contribution in [-0.4, -0.2) is 6.29 Å². The maximum Gasteiger partial charge on any atom is 0.152 e. The Morgan fingerprint density at radius 1 is 0.818 bits per heavy atom. The van der Waals surface area contributed by atoms with Gasteiger partial charge in [0.25, 0.3) is 0 Å². The molecule has 0 bridgehead atoms. The molecule has 0 unspecified atom stereocenters. The largest absolute Gasteiger partial charge is 0.298 e. The molecule has 1 aliphatic rings. The number of hydrogen-bond donors (Lipinski definition) is 0. The van der Waals surface area contributed by atoms with Gasteiger partial charge in [0.05, 0.1) is 5.03 Å². The third-order valence-electron chi connectivity index (χ3n) is 3.84. The summed E-state index contributed by atoms with van der Waals surface area (Å²) in [6.07, 6.45) is 0.853. The van der Waals surface area contributed by atoms with Gasteiger partial charge in [0, 0.05) is 26.5 Å². The Morgan fingerprint density at radius 3 is 2.27 bits per heavy atom. The van der Waals surface area contributed by atoms with Crippen molar-refractivity contribution in [2.45, 2.75) is 9.79 Å². The summed E-state index contributed by atoms with van der Waals surface area (Å²) in [4.78, 5) is 13.7. The summed E-state index contributed by atoms with van der Waals surface area (Å²) in [6.45, 7) is 0. The average molecular weight is 323 g/mol. The van der Waals surface area contributed by atoms with Crippen LogP contribution in [0.1, 0.15) is 11.1 Å². The van der Waals surface area contributed by atoms with Crippen molar-refractivity contribution in [1.29, 1.82) is 0 Å². The third kappa shape index (κ3) is 2.07. The number of fused-ring (bicyclic) bond motifs is 3. The zero-order valence-electron chi connectivity index (χ0n) is 11.5. The summed E-state index contributed by atoms with van der Waals surface area (Å²) >= 11 is 8.24. The summed E-state index contributed by atoms with van der Waals surface area (Å²) in [5.74, 6) is 0. The summed E-state index contributed by atoms with van der Waals surface area (Å²) in [7, 11) is 0. The van der Waals surface area contributed by atoms with Gasteiger partial charge in [-0.1, -0.05) is 65.8 Å². The van der Waals surface area contributed by atoms with Gasteiger partial charge in [0.15, 0.2) is 6.29 Å². The van der Waals surface area contributed by atoms with E-state index in [0.717, 1.165) is 32.6 Å². The predicted octanol–water partition coefficient (Wildman–Crippen LogP) is 5.61. The van der Waals surface area contributed by atoms with Crippen LogP contribution in [0.5, 0.6) is 0 Å². The highest BCUT2D eigenvalue weighted by molar-refractivity contribution is 7.99. The Hall–Kier alpha value is -2.03. The van der Waals surface area contributed by atoms with Gasteiger partial charge in [0.1, 0.15) is 0 Å². The maximum absolute atomic E-state index is 11.6. The lowest BCUT2D eigenvalue weighted by Gasteiger charge is -2.08. The fraction of sp³-hybridized carbons (Fsp3) is 0. The minimum absolute atomic E-state index is 0.521. The van der Waals surface area contributed by atoms with Gasteiger partial charge in [-0.25, -0.2) is 0 Å². The van der Waals surface area contributed by atoms with Crippen molar-refractivity contribution in [1.82, 2.24) is 0 Å². The molecule has 3 aromatic rings. The van der Waals surface area contributed by atoms with Crippen molar-refractivity contribution in [2.75, 3.05) is 0 Å². The molecule has 0 amide bonds. The van der Waals surface area contributed by atoms with Crippen LogP contribution < -0.4 is 0 Å². The highest BCUT2D eigenvalue weighted by atomic mass is 35.5. The van der Waals surface area contributed by atoms with Crippen LogP contribution >= 0.6 is 23.4 Å². The van der Waals surface area contributed by atoms with E-state index in [4.69, 9.17) is 11.6 Å². The van der Waals surface area contributed by atoms with Gasteiger partial charge in [-0.05, 0) is 29.0 Å². The number of hydrogen-bond acceptors (Lipinski definition) is 2. The van der Waals surface area contributed by atoms with Gasteiger partial charge in [-0.3, -0.25) is 4.79 Å². The van der Waals surface area contributed by atoms with Crippen molar-refractivity contribution in [3.8, 4) is 0 Å². The van der Waals surface area contributed by atoms with E-state index in [1.54, 1.807) is 11.8 Å². The molecule has 22 heavy (non-hydrogen) atoms. The van der Waals surface area contributed by atoms with E-state index >= 15 is 0 Å². The first-order chi connectivity index (χ1) is 10.8. The first-order valence-corrected chi connectivity index (χ1v) is 8.13. The molecule has 0 aromatic heterocycles. The van der Waals surface area contributed by atoms with Crippen LogP contribution in [0.4, 0.5) is 0 Å².